The molecule has 0 saturated carbocycles. The summed E-state index contributed by atoms with van der Waals surface area (Å²) in [6.07, 6.45) is 2.94. The largest absolute Gasteiger partial charge is 0.280 e. The predicted octanol–water partition coefficient (Wildman–Crippen LogP) is 3.76. The number of benzene rings is 3. The van der Waals surface area contributed by atoms with Gasteiger partial charge in [-0.05, 0) is 42.5 Å². The Hall–Kier alpha value is -3.76. The molecule has 0 atom stereocenters. The summed E-state index contributed by atoms with van der Waals surface area (Å²) in [6.45, 7) is 0. The van der Waals surface area contributed by atoms with E-state index < -0.39 is 20.0 Å². The third-order valence-corrected chi connectivity index (χ3v) is 6.67. The number of aromatic nitrogens is 2. The lowest BCUT2D eigenvalue weighted by Gasteiger charge is -2.07. The number of sulfonamides is 2. The highest BCUT2D eigenvalue weighted by Gasteiger charge is 2.14. The Bertz CT molecular complexity index is 1210. The first kappa shape index (κ1) is 22.9. The highest BCUT2D eigenvalue weighted by molar-refractivity contribution is 7.93. The summed E-state index contributed by atoms with van der Waals surface area (Å²) in [7, 11) is -7.05. The number of para-hydroxylation sites is 1. The van der Waals surface area contributed by atoms with Crippen molar-refractivity contribution in [3.8, 4) is 0 Å². The Balaban J connectivity index is 0.000000181. The topological polar surface area (TPSA) is 118 Å². The second-order valence-electron chi connectivity index (χ2n) is 6.28. The zero-order valence-electron chi connectivity index (χ0n) is 16.7. The Morgan fingerprint density at radius 3 is 1.38 bits per heavy atom. The van der Waals surface area contributed by atoms with Gasteiger partial charge in [0.05, 0.1) is 9.79 Å². The second-order valence-corrected chi connectivity index (χ2v) is 9.64. The van der Waals surface area contributed by atoms with Gasteiger partial charge < -0.3 is 0 Å². The van der Waals surface area contributed by atoms with Crippen LogP contribution in [0.4, 0.5) is 11.6 Å². The molecule has 0 fully saturated rings. The van der Waals surface area contributed by atoms with Crippen molar-refractivity contribution in [1.82, 2.24) is 9.97 Å². The number of hydrogen-bond acceptors (Lipinski definition) is 6. The van der Waals surface area contributed by atoms with E-state index in [0.717, 1.165) is 0 Å². The highest BCUT2D eigenvalue weighted by Crippen LogP contribution is 2.14. The Morgan fingerprint density at radius 2 is 0.906 bits per heavy atom. The lowest BCUT2D eigenvalue weighted by Crippen LogP contribution is -2.14. The van der Waals surface area contributed by atoms with Gasteiger partial charge in [-0.2, -0.15) is 0 Å². The van der Waals surface area contributed by atoms with Crippen molar-refractivity contribution < 1.29 is 16.8 Å². The first-order valence-corrected chi connectivity index (χ1v) is 12.3. The monoisotopic (exact) mass is 468 g/mol. The molecule has 0 aliphatic carbocycles. The molecule has 2 N–H and O–H groups in total. The zero-order chi connectivity index (χ0) is 22.9. The van der Waals surface area contributed by atoms with E-state index in [1.807, 2.05) is 6.07 Å². The van der Waals surface area contributed by atoms with E-state index in [0.29, 0.717) is 5.69 Å². The molecule has 0 spiro atoms. The minimum Gasteiger partial charge on any atom is -0.280 e. The molecule has 0 bridgehead atoms. The van der Waals surface area contributed by atoms with Crippen molar-refractivity contribution in [3.63, 3.8) is 0 Å². The van der Waals surface area contributed by atoms with Gasteiger partial charge in [-0.15, -0.1) is 0 Å². The van der Waals surface area contributed by atoms with Crippen molar-refractivity contribution in [2.75, 3.05) is 9.44 Å². The van der Waals surface area contributed by atoms with Gasteiger partial charge in [0.1, 0.15) is 0 Å². The smallest absolute Gasteiger partial charge is 0.264 e. The molecule has 8 nitrogen and oxygen atoms in total. The molecule has 3 aromatic carbocycles. The quantitative estimate of drug-likeness (QED) is 0.445. The summed E-state index contributed by atoms with van der Waals surface area (Å²) in [5, 5.41) is 0. The molecular weight excluding hydrogens is 448 g/mol. The SMILES string of the molecule is O=S(=O)(Nc1ccccc1)c1ccccc1.O=S(=O)(Nc1ncccn1)c1ccccc1. The van der Waals surface area contributed by atoms with E-state index >= 15 is 0 Å². The van der Waals surface area contributed by atoms with Crippen LogP contribution in [-0.2, 0) is 20.0 Å². The van der Waals surface area contributed by atoms with Gasteiger partial charge in [-0.25, -0.2) is 31.5 Å². The average Bonchev–Trinajstić information content (AvgIpc) is 2.81. The maximum atomic E-state index is 11.9. The molecule has 164 valence electrons. The molecule has 0 saturated heterocycles. The Labute approximate surface area is 187 Å². The molecule has 1 aromatic heterocycles. The minimum absolute atomic E-state index is 0.0614. The maximum Gasteiger partial charge on any atom is 0.264 e. The van der Waals surface area contributed by atoms with Crippen LogP contribution in [-0.4, -0.2) is 26.8 Å². The molecular formula is C22H20N4O4S2. The molecule has 0 aliphatic rings. The summed E-state index contributed by atoms with van der Waals surface area (Å²) in [4.78, 5) is 8.02. The van der Waals surface area contributed by atoms with Crippen LogP contribution in [0.25, 0.3) is 0 Å². The number of hydrogen-bond donors (Lipinski definition) is 2. The minimum atomic E-state index is -3.59. The third-order valence-electron chi connectivity index (χ3n) is 3.92. The predicted molar refractivity (Wildman–Crippen MR) is 123 cm³/mol. The van der Waals surface area contributed by atoms with Crippen molar-refractivity contribution in [2.24, 2.45) is 0 Å². The van der Waals surface area contributed by atoms with Gasteiger partial charge in [0, 0.05) is 18.1 Å². The molecule has 10 heteroatoms. The first-order chi connectivity index (χ1) is 15.4. The number of nitrogens with one attached hydrogen (secondary N) is 2. The molecule has 0 unspecified atom stereocenters. The van der Waals surface area contributed by atoms with Crippen LogP contribution < -0.4 is 9.44 Å². The first-order valence-electron chi connectivity index (χ1n) is 9.35. The van der Waals surface area contributed by atoms with Crippen LogP contribution in [0, 0.1) is 0 Å². The Kier molecular flexibility index (Phi) is 7.53. The summed E-state index contributed by atoms with van der Waals surface area (Å²) in [5.74, 6) is 0.0614. The molecule has 4 rings (SSSR count). The van der Waals surface area contributed by atoms with Crippen molar-refractivity contribution in [1.29, 1.82) is 0 Å². The van der Waals surface area contributed by atoms with Crippen molar-refractivity contribution in [3.05, 3.63) is 109 Å². The fourth-order valence-electron chi connectivity index (χ4n) is 2.45. The van der Waals surface area contributed by atoms with Crippen LogP contribution in [0.5, 0.6) is 0 Å². The van der Waals surface area contributed by atoms with Gasteiger partial charge in [-0.1, -0.05) is 54.6 Å². The van der Waals surface area contributed by atoms with E-state index in [4.69, 9.17) is 0 Å². The summed E-state index contributed by atoms with van der Waals surface area (Å²) in [6, 6.07) is 26.8. The van der Waals surface area contributed by atoms with Crippen molar-refractivity contribution >= 4 is 31.7 Å². The van der Waals surface area contributed by atoms with Crippen LogP contribution in [0.15, 0.2) is 119 Å². The Morgan fingerprint density at radius 1 is 0.500 bits per heavy atom. The normalized spacial score (nSPS) is 11.0. The van der Waals surface area contributed by atoms with E-state index in [9.17, 15) is 16.8 Å². The maximum absolute atomic E-state index is 11.9. The fraction of sp³-hybridized carbons (Fsp3) is 0. The average molecular weight is 469 g/mol. The second kappa shape index (κ2) is 10.5. The van der Waals surface area contributed by atoms with Gasteiger partial charge in [0.2, 0.25) is 5.95 Å². The zero-order valence-corrected chi connectivity index (χ0v) is 18.4. The van der Waals surface area contributed by atoms with E-state index in [-0.39, 0.29) is 15.7 Å². The van der Waals surface area contributed by atoms with Gasteiger partial charge in [0.15, 0.2) is 0 Å². The molecule has 0 radical (unpaired) electrons. The van der Waals surface area contributed by atoms with Crippen LogP contribution in [0.3, 0.4) is 0 Å². The summed E-state index contributed by atoms with van der Waals surface area (Å²) < 4.78 is 52.2. The summed E-state index contributed by atoms with van der Waals surface area (Å²) >= 11 is 0. The number of nitrogens with zero attached hydrogens (tertiary/aromatic N) is 2. The van der Waals surface area contributed by atoms with Crippen LogP contribution >= 0.6 is 0 Å². The summed E-state index contributed by atoms with van der Waals surface area (Å²) in [5.41, 5.74) is 0.561. The lowest BCUT2D eigenvalue weighted by atomic mass is 10.3. The van der Waals surface area contributed by atoms with E-state index in [1.54, 1.807) is 78.9 Å². The number of rotatable bonds is 6. The van der Waals surface area contributed by atoms with Gasteiger partial charge >= 0.3 is 0 Å². The molecule has 4 aromatic rings. The van der Waals surface area contributed by atoms with Crippen molar-refractivity contribution in [2.45, 2.75) is 9.79 Å². The van der Waals surface area contributed by atoms with E-state index in [2.05, 4.69) is 19.4 Å². The molecule has 1 heterocycles. The standard InChI is InChI=1S/C12H11NO2S.C10H9N3O2S/c14-16(15,12-9-5-2-6-10-12)13-11-7-3-1-4-8-11;14-16(15,9-5-2-1-3-6-9)13-10-11-7-4-8-12-10/h1-10,13H;1-8H,(H,11,12,13). The van der Waals surface area contributed by atoms with Crippen LogP contribution in [0.2, 0.25) is 0 Å². The fourth-order valence-corrected chi connectivity index (χ4v) is 4.51. The highest BCUT2D eigenvalue weighted by atomic mass is 32.2. The van der Waals surface area contributed by atoms with Gasteiger partial charge in [-0.3, -0.25) is 4.72 Å². The molecule has 0 aliphatic heterocycles. The van der Waals surface area contributed by atoms with E-state index in [1.165, 1.54) is 24.5 Å². The third kappa shape index (κ3) is 6.62. The molecule has 0 amide bonds. The molecule has 32 heavy (non-hydrogen) atoms. The lowest BCUT2D eigenvalue weighted by molar-refractivity contribution is 0.599. The van der Waals surface area contributed by atoms with Crippen LogP contribution in [0.1, 0.15) is 0 Å². The van der Waals surface area contributed by atoms with Gasteiger partial charge in [0.25, 0.3) is 20.0 Å². The number of anilines is 2.